The summed E-state index contributed by atoms with van der Waals surface area (Å²) in [7, 11) is 0. The van der Waals surface area contributed by atoms with Crippen LogP contribution in [0.4, 0.5) is 0 Å². The second kappa shape index (κ2) is 7.93. The second-order valence-electron chi connectivity index (χ2n) is 5.57. The fraction of sp³-hybridized carbons (Fsp3) is 0.625. The summed E-state index contributed by atoms with van der Waals surface area (Å²) >= 11 is 1.86. The van der Waals surface area contributed by atoms with E-state index in [9.17, 15) is 5.11 Å². The third kappa shape index (κ3) is 5.55. The molecule has 0 spiro atoms. The molecule has 2 N–H and O–H groups in total. The molecule has 0 fully saturated rings. The average Bonchev–Trinajstić information content (AvgIpc) is 2.39. The number of nitrogens with one attached hydrogen (secondary N) is 1. The van der Waals surface area contributed by atoms with Crippen LogP contribution in [0.3, 0.4) is 0 Å². The van der Waals surface area contributed by atoms with E-state index >= 15 is 0 Å². The molecule has 0 aromatic heterocycles. The van der Waals surface area contributed by atoms with Gasteiger partial charge in [-0.2, -0.15) is 0 Å². The lowest BCUT2D eigenvalue weighted by atomic mass is 10.0. The van der Waals surface area contributed by atoms with Crippen molar-refractivity contribution in [1.82, 2.24) is 5.32 Å². The van der Waals surface area contributed by atoms with Crippen molar-refractivity contribution in [1.29, 1.82) is 0 Å². The maximum atomic E-state index is 9.44. The van der Waals surface area contributed by atoms with Gasteiger partial charge in [-0.3, -0.25) is 0 Å². The summed E-state index contributed by atoms with van der Waals surface area (Å²) in [5.41, 5.74) is 1.23. The monoisotopic (exact) mass is 281 g/mol. The summed E-state index contributed by atoms with van der Waals surface area (Å²) in [5, 5.41) is 12.8. The fourth-order valence-electron chi connectivity index (χ4n) is 1.99. The van der Waals surface area contributed by atoms with E-state index in [-0.39, 0.29) is 12.1 Å². The summed E-state index contributed by atoms with van der Waals surface area (Å²) in [6.45, 7) is 9.67. The molecule has 0 aliphatic carbocycles. The zero-order chi connectivity index (χ0) is 14.3. The molecule has 1 unspecified atom stereocenters. The molecule has 2 nitrogen and oxygen atoms in total. The molecule has 0 radical (unpaired) electrons. The SMILES string of the molecule is CCNC(C)(CO)CCSc1ccc(C(C)C)cc1. The largest absolute Gasteiger partial charge is 0.394 e. The first-order valence-electron chi connectivity index (χ1n) is 7.09. The number of hydrogen-bond acceptors (Lipinski definition) is 3. The Morgan fingerprint density at radius 3 is 2.37 bits per heavy atom. The van der Waals surface area contributed by atoms with Gasteiger partial charge in [-0.15, -0.1) is 11.8 Å². The van der Waals surface area contributed by atoms with Crippen LogP contribution in [0.5, 0.6) is 0 Å². The topological polar surface area (TPSA) is 32.3 Å². The van der Waals surface area contributed by atoms with Gasteiger partial charge >= 0.3 is 0 Å². The Labute approximate surface area is 122 Å². The zero-order valence-corrected chi connectivity index (χ0v) is 13.4. The van der Waals surface area contributed by atoms with Crippen LogP contribution < -0.4 is 5.32 Å². The highest BCUT2D eigenvalue weighted by Gasteiger charge is 2.21. The molecule has 0 saturated carbocycles. The highest BCUT2D eigenvalue weighted by molar-refractivity contribution is 7.99. The van der Waals surface area contributed by atoms with Crippen LogP contribution in [0, 0.1) is 0 Å². The smallest absolute Gasteiger partial charge is 0.0610 e. The van der Waals surface area contributed by atoms with E-state index in [1.807, 2.05) is 11.8 Å². The summed E-state index contributed by atoms with van der Waals surface area (Å²) in [5.74, 6) is 1.61. The van der Waals surface area contributed by atoms with Crippen LogP contribution in [-0.4, -0.2) is 29.5 Å². The van der Waals surface area contributed by atoms with Crippen molar-refractivity contribution < 1.29 is 5.11 Å². The summed E-state index contributed by atoms with van der Waals surface area (Å²) in [6, 6.07) is 8.82. The van der Waals surface area contributed by atoms with E-state index in [1.54, 1.807) is 0 Å². The Morgan fingerprint density at radius 1 is 1.26 bits per heavy atom. The summed E-state index contributed by atoms with van der Waals surface area (Å²) < 4.78 is 0. The highest BCUT2D eigenvalue weighted by atomic mass is 32.2. The molecule has 0 aliphatic rings. The second-order valence-corrected chi connectivity index (χ2v) is 6.74. The quantitative estimate of drug-likeness (QED) is 0.713. The first-order valence-corrected chi connectivity index (χ1v) is 8.08. The molecule has 1 rings (SSSR count). The van der Waals surface area contributed by atoms with Crippen molar-refractivity contribution in [3.8, 4) is 0 Å². The van der Waals surface area contributed by atoms with Gasteiger partial charge in [-0.1, -0.05) is 32.9 Å². The first kappa shape index (κ1) is 16.5. The first-order chi connectivity index (χ1) is 9.00. The molecular weight excluding hydrogens is 254 g/mol. The minimum absolute atomic E-state index is 0.153. The Morgan fingerprint density at radius 2 is 1.89 bits per heavy atom. The van der Waals surface area contributed by atoms with Crippen molar-refractivity contribution in [2.45, 2.75) is 50.5 Å². The van der Waals surface area contributed by atoms with Gasteiger partial charge in [0.1, 0.15) is 0 Å². The van der Waals surface area contributed by atoms with E-state index in [0.717, 1.165) is 18.7 Å². The molecule has 0 heterocycles. The predicted octanol–water partition coefficient (Wildman–Crippen LogP) is 3.65. The number of hydrogen-bond donors (Lipinski definition) is 2. The number of aliphatic hydroxyl groups is 1. The molecule has 0 saturated heterocycles. The van der Waals surface area contributed by atoms with Crippen LogP contribution >= 0.6 is 11.8 Å². The molecule has 0 bridgehead atoms. The molecule has 3 heteroatoms. The van der Waals surface area contributed by atoms with Crippen LogP contribution in [0.2, 0.25) is 0 Å². The predicted molar refractivity (Wildman–Crippen MR) is 85.0 cm³/mol. The Kier molecular flexibility index (Phi) is 6.90. The third-order valence-electron chi connectivity index (χ3n) is 3.42. The molecular formula is C16H27NOS. The van der Waals surface area contributed by atoms with Crippen molar-refractivity contribution >= 4 is 11.8 Å². The van der Waals surface area contributed by atoms with Crippen LogP contribution in [0.15, 0.2) is 29.2 Å². The maximum Gasteiger partial charge on any atom is 0.0610 e. The molecule has 1 aromatic rings. The van der Waals surface area contributed by atoms with Gasteiger partial charge in [-0.05, 0) is 49.3 Å². The van der Waals surface area contributed by atoms with E-state index < -0.39 is 0 Å². The maximum absolute atomic E-state index is 9.44. The van der Waals surface area contributed by atoms with Gasteiger partial charge in [0.15, 0.2) is 0 Å². The molecule has 0 aliphatic heterocycles. The minimum Gasteiger partial charge on any atom is -0.394 e. The lowest BCUT2D eigenvalue weighted by Crippen LogP contribution is -2.46. The standard InChI is InChI=1S/C16H27NOS/c1-5-17-16(4,12-18)10-11-19-15-8-6-14(7-9-15)13(2)3/h6-9,13,17-18H,5,10-12H2,1-4H3. The van der Waals surface area contributed by atoms with Crippen molar-refractivity contribution in [2.24, 2.45) is 0 Å². The van der Waals surface area contributed by atoms with Crippen LogP contribution in [-0.2, 0) is 0 Å². The van der Waals surface area contributed by atoms with Crippen molar-refractivity contribution in [3.63, 3.8) is 0 Å². The lowest BCUT2D eigenvalue weighted by Gasteiger charge is -2.28. The molecule has 1 aromatic carbocycles. The highest BCUT2D eigenvalue weighted by Crippen LogP contribution is 2.24. The van der Waals surface area contributed by atoms with Gasteiger partial charge < -0.3 is 10.4 Å². The van der Waals surface area contributed by atoms with Crippen molar-refractivity contribution in [3.05, 3.63) is 29.8 Å². The van der Waals surface area contributed by atoms with Gasteiger partial charge in [0.05, 0.1) is 6.61 Å². The molecule has 19 heavy (non-hydrogen) atoms. The molecule has 1 atom stereocenters. The van der Waals surface area contributed by atoms with E-state index in [4.69, 9.17) is 0 Å². The Balaban J connectivity index is 2.44. The summed E-state index contributed by atoms with van der Waals surface area (Å²) in [6.07, 6.45) is 0.966. The van der Waals surface area contributed by atoms with E-state index in [2.05, 4.69) is 57.3 Å². The average molecular weight is 281 g/mol. The lowest BCUT2D eigenvalue weighted by molar-refractivity contribution is 0.173. The Bertz CT molecular complexity index is 364. The third-order valence-corrected chi connectivity index (χ3v) is 4.44. The fourth-order valence-corrected chi connectivity index (χ4v) is 3.11. The van der Waals surface area contributed by atoms with Gasteiger partial charge in [0.2, 0.25) is 0 Å². The van der Waals surface area contributed by atoms with E-state index in [1.165, 1.54) is 10.5 Å². The minimum atomic E-state index is -0.153. The number of likely N-dealkylation sites (N-methyl/N-ethyl adjacent to an activating group) is 1. The Hall–Kier alpha value is -0.510. The normalized spacial score (nSPS) is 14.6. The van der Waals surface area contributed by atoms with Gasteiger partial charge in [-0.25, -0.2) is 0 Å². The molecule has 0 amide bonds. The van der Waals surface area contributed by atoms with E-state index in [0.29, 0.717) is 5.92 Å². The van der Waals surface area contributed by atoms with Gasteiger partial charge in [0, 0.05) is 10.4 Å². The number of thioether (sulfide) groups is 1. The van der Waals surface area contributed by atoms with Gasteiger partial charge in [0.25, 0.3) is 0 Å². The number of benzene rings is 1. The van der Waals surface area contributed by atoms with Crippen LogP contribution in [0.25, 0.3) is 0 Å². The number of aliphatic hydroxyl groups excluding tert-OH is 1. The molecule has 108 valence electrons. The number of rotatable bonds is 8. The van der Waals surface area contributed by atoms with Crippen molar-refractivity contribution in [2.75, 3.05) is 18.9 Å². The zero-order valence-electron chi connectivity index (χ0n) is 12.6. The van der Waals surface area contributed by atoms with Crippen LogP contribution in [0.1, 0.15) is 45.6 Å². The summed E-state index contributed by atoms with van der Waals surface area (Å²) in [4.78, 5) is 1.31.